The number of sulfonamides is 1. The van der Waals surface area contributed by atoms with Crippen LogP contribution in [0, 0.1) is 6.92 Å². The fraction of sp³-hybridized carbons (Fsp3) is 0.222. The molecular formula is C27H26N2O3S2. The number of para-hydroxylation sites is 1. The van der Waals surface area contributed by atoms with Crippen LogP contribution in [0.5, 0.6) is 0 Å². The smallest absolute Gasteiger partial charge is 0.268 e. The SMILES string of the molecule is CCN(c1ccc2sc(C(=O)N3c4ccccc4C[C@@H]3C)cc2c1)S(=O)(=O)c1ccc(C)cc1. The zero-order valence-electron chi connectivity index (χ0n) is 19.4. The standard InChI is InChI=1S/C27H26N2O3S2/c1-4-28(34(31,32)23-12-9-18(2)10-13-23)22-11-14-25-21(16-22)17-26(33-25)27(30)29-19(3)15-20-7-5-6-8-24(20)29/h5-14,16-17,19H,4,15H2,1-3H3/t19-/m0/s1. The van der Waals surface area contributed by atoms with Crippen molar-refractivity contribution in [2.45, 2.75) is 38.1 Å². The van der Waals surface area contributed by atoms with Gasteiger partial charge in [-0.25, -0.2) is 8.42 Å². The van der Waals surface area contributed by atoms with Crippen LogP contribution in [0.15, 0.2) is 77.7 Å². The average molecular weight is 491 g/mol. The number of hydrogen-bond donors (Lipinski definition) is 0. The molecule has 0 unspecified atom stereocenters. The molecule has 2 heterocycles. The third-order valence-electron chi connectivity index (χ3n) is 6.32. The minimum Gasteiger partial charge on any atom is -0.304 e. The Kier molecular flexibility index (Phi) is 5.70. The molecule has 0 spiro atoms. The van der Waals surface area contributed by atoms with Crippen LogP contribution in [0.4, 0.5) is 11.4 Å². The van der Waals surface area contributed by atoms with E-state index in [0.29, 0.717) is 17.1 Å². The number of anilines is 2. The van der Waals surface area contributed by atoms with Crippen LogP contribution in [0.2, 0.25) is 0 Å². The summed E-state index contributed by atoms with van der Waals surface area (Å²) in [5, 5.41) is 0.864. The largest absolute Gasteiger partial charge is 0.304 e. The van der Waals surface area contributed by atoms with Crippen molar-refractivity contribution in [3.8, 4) is 0 Å². The van der Waals surface area contributed by atoms with Gasteiger partial charge >= 0.3 is 0 Å². The quantitative estimate of drug-likeness (QED) is 0.344. The van der Waals surface area contributed by atoms with E-state index in [1.807, 2.05) is 61.2 Å². The van der Waals surface area contributed by atoms with E-state index in [2.05, 4.69) is 13.0 Å². The Morgan fingerprint density at radius 3 is 2.53 bits per heavy atom. The van der Waals surface area contributed by atoms with Crippen LogP contribution >= 0.6 is 11.3 Å². The summed E-state index contributed by atoms with van der Waals surface area (Å²) in [6, 6.07) is 22.5. The molecule has 0 radical (unpaired) electrons. The number of nitrogens with zero attached hydrogens (tertiary/aromatic N) is 2. The number of aryl methyl sites for hydroxylation is 1. The third-order valence-corrected chi connectivity index (χ3v) is 9.34. The Labute approximate surface area is 204 Å². The molecule has 3 aromatic carbocycles. The monoisotopic (exact) mass is 490 g/mol. The molecule has 0 aliphatic carbocycles. The molecule has 0 saturated heterocycles. The molecular weight excluding hydrogens is 464 g/mol. The van der Waals surface area contributed by atoms with Crippen molar-refractivity contribution in [1.29, 1.82) is 0 Å². The molecule has 0 bridgehead atoms. The number of thiophene rings is 1. The normalized spacial score (nSPS) is 15.5. The molecule has 34 heavy (non-hydrogen) atoms. The Hall–Kier alpha value is -3.16. The molecule has 174 valence electrons. The summed E-state index contributed by atoms with van der Waals surface area (Å²) in [5.41, 5.74) is 3.76. The highest BCUT2D eigenvalue weighted by atomic mass is 32.2. The van der Waals surface area contributed by atoms with Gasteiger partial charge in [-0.05, 0) is 80.6 Å². The van der Waals surface area contributed by atoms with Crippen molar-refractivity contribution in [2.24, 2.45) is 0 Å². The van der Waals surface area contributed by atoms with Gasteiger partial charge in [0.25, 0.3) is 15.9 Å². The second-order valence-corrected chi connectivity index (χ2v) is 11.6. The molecule has 4 aromatic rings. The van der Waals surface area contributed by atoms with Gasteiger partial charge in [-0.3, -0.25) is 9.10 Å². The lowest BCUT2D eigenvalue weighted by Gasteiger charge is -2.23. The van der Waals surface area contributed by atoms with Gasteiger partial charge in [0.1, 0.15) is 0 Å². The van der Waals surface area contributed by atoms with Crippen molar-refractivity contribution < 1.29 is 13.2 Å². The van der Waals surface area contributed by atoms with E-state index in [1.54, 1.807) is 24.3 Å². The van der Waals surface area contributed by atoms with E-state index in [4.69, 9.17) is 0 Å². The number of carbonyl (C=O) groups is 1. The van der Waals surface area contributed by atoms with Crippen molar-refractivity contribution in [3.05, 3.63) is 88.8 Å². The second-order valence-electron chi connectivity index (χ2n) is 8.67. The Morgan fingerprint density at radius 1 is 1.06 bits per heavy atom. The summed E-state index contributed by atoms with van der Waals surface area (Å²) in [6.45, 7) is 6.13. The molecule has 1 amide bonds. The predicted molar refractivity (Wildman–Crippen MR) is 140 cm³/mol. The first-order chi connectivity index (χ1) is 16.3. The van der Waals surface area contributed by atoms with Gasteiger partial charge in [0.2, 0.25) is 0 Å². The van der Waals surface area contributed by atoms with Crippen LogP contribution in [-0.2, 0) is 16.4 Å². The van der Waals surface area contributed by atoms with E-state index in [-0.39, 0.29) is 16.8 Å². The first-order valence-electron chi connectivity index (χ1n) is 11.3. The van der Waals surface area contributed by atoms with Crippen molar-refractivity contribution in [1.82, 2.24) is 0 Å². The maximum Gasteiger partial charge on any atom is 0.268 e. The number of amides is 1. The maximum atomic E-state index is 13.5. The molecule has 1 aliphatic rings. The summed E-state index contributed by atoms with van der Waals surface area (Å²) in [5.74, 6) is -0.0141. The average Bonchev–Trinajstić information content (AvgIpc) is 3.39. The topological polar surface area (TPSA) is 57.7 Å². The van der Waals surface area contributed by atoms with Gasteiger partial charge in [-0.15, -0.1) is 11.3 Å². The Balaban J connectivity index is 1.49. The maximum absolute atomic E-state index is 13.5. The van der Waals surface area contributed by atoms with Crippen LogP contribution in [0.1, 0.15) is 34.6 Å². The number of hydrogen-bond acceptors (Lipinski definition) is 4. The molecule has 5 nitrogen and oxygen atoms in total. The van der Waals surface area contributed by atoms with E-state index in [9.17, 15) is 13.2 Å². The van der Waals surface area contributed by atoms with Gasteiger partial charge in [0, 0.05) is 23.0 Å². The van der Waals surface area contributed by atoms with Gasteiger partial charge < -0.3 is 4.90 Å². The highest BCUT2D eigenvalue weighted by Crippen LogP contribution is 2.36. The first kappa shape index (κ1) is 22.6. The predicted octanol–water partition coefficient (Wildman–Crippen LogP) is 6.02. The third kappa shape index (κ3) is 3.79. The van der Waals surface area contributed by atoms with Crippen LogP contribution in [0.3, 0.4) is 0 Å². The number of benzene rings is 3. The van der Waals surface area contributed by atoms with E-state index >= 15 is 0 Å². The molecule has 5 rings (SSSR count). The summed E-state index contributed by atoms with van der Waals surface area (Å²) < 4.78 is 29.0. The van der Waals surface area contributed by atoms with E-state index < -0.39 is 10.0 Å². The van der Waals surface area contributed by atoms with Gasteiger partial charge in [-0.2, -0.15) is 0 Å². The zero-order chi connectivity index (χ0) is 24.0. The van der Waals surface area contributed by atoms with Crippen molar-refractivity contribution in [3.63, 3.8) is 0 Å². The fourth-order valence-electron chi connectivity index (χ4n) is 4.61. The minimum absolute atomic E-state index is 0.0141. The highest BCUT2D eigenvalue weighted by Gasteiger charge is 2.32. The number of fused-ring (bicyclic) bond motifs is 2. The lowest BCUT2D eigenvalue weighted by molar-refractivity contribution is 0.0985. The number of rotatable bonds is 5. The summed E-state index contributed by atoms with van der Waals surface area (Å²) >= 11 is 1.44. The van der Waals surface area contributed by atoms with Crippen LogP contribution in [-0.4, -0.2) is 26.9 Å². The molecule has 0 fully saturated rings. The molecule has 1 aliphatic heterocycles. The first-order valence-corrected chi connectivity index (χ1v) is 13.6. The fourth-order valence-corrected chi connectivity index (χ4v) is 7.06. The van der Waals surface area contributed by atoms with Crippen LogP contribution < -0.4 is 9.21 Å². The van der Waals surface area contributed by atoms with Gasteiger partial charge in [0.05, 0.1) is 15.5 Å². The van der Waals surface area contributed by atoms with Gasteiger partial charge in [0.15, 0.2) is 0 Å². The van der Waals surface area contributed by atoms with Crippen molar-refractivity contribution >= 4 is 48.7 Å². The van der Waals surface area contributed by atoms with Crippen molar-refractivity contribution in [2.75, 3.05) is 15.7 Å². The van der Waals surface area contributed by atoms with E-state index in [0.717, 1.165) is 27.8 Å². The highest BCUT2D eigenvalue weighted by molar-refractivity contribution is 7.92. The lowest BCUT2D eigenvalue weighted by atomic mass is 10.1. The Morgan fingerprint density at radius 2 is 1.79 bits per heavy atom. The summed E-state index contributed by atoms with van der Waals surface area (Å²) in [4.78, 5) is 16.3. The van der Waals surface area contributed by atoms with Gasteiger partial charge in [-0.1, -0.05) is 35.9 Å². The lowest BCUT2D eigenvalue weighted by Crippen LogP contribution is -2.35. The molecule has 1 aromatic heterocycles. The van der Waals surface area contributed by atoms with E-state index in [1.165, 1.54) is 21.2 Å². The zero-order valence-corrected chi connectivity index (χ0v) is 21.0. The second kappa shape index (κ2) is 8.56. The minimum atomic E-state index is -3.69. The molecule has 1 atom stereocenters. The number of carbonyl (C=O) groups excluding carboxylic acids is 1. The summed E-state index contributed by atoms with van der Waals surface area (Å²) in [6.07, 6.45) is 0.847. The van der Waals surface area contributed by atoms with Crippen LogP contribution in [0.25, 0.3) is 10.1 Å². The summed E-state index contributed by atoms with van der Waals surface area (Å²) in [7, 11) is -3.69. The molecule has 0 N–H and O–H groups in total. The Bertz CT molecular complexity index is 1490. The molecule has 0 saturated carbocycles. The molecule has 7 heteroatoms.